The zero-order valence-electron chi connectivity index (χ0n) is 7.66. The van der Waals surface area contributed by atoms with E-state index < -0.39 is 0 Å². The van der Waals surface area contributed by atoms with Crippen molar-refractivity contribution in [2.75, 3.05) is 13.1 Å². The molecule has 2 heterocycles. The van der Waals surface area contributed by atoms with Gasteiger partial charge in [0.15, 0.2) is 0 Å². The van der Waals surface area contributed by atoms with Crippen LogP contribution in [-0.2, 0) is 0 Å². The number of carbonyl (C=O) groups is 1. The number of nitrogens with one attached hydrogen (secondary N) is 2. The first-order chi connectivity index (χ1) is 6.36. The van der Waals surface area contributed by atoms with E-state index in [-0.39, 0.29) is 18.3 Å². The number of hydrogen-bond acceptors (Lipinski definition) is 3. The van der Waals surface area contributed by atoms with Crippen LogP contribution in [0, 0.1) is 0 Å². The van der Waals surface area contributed by atoms with Crippen molar-refractivity contribution >= 4 is 29.7 Å². The predicted molar refractivity (Wildman–Crippen MR) is 60.3 cm³/mol. The molecule has 78 valence electrons. The minimum absolute atomic E-state index is 0. The normalized spacial score (nSPS) is 20.1. The summed E-state index contributed by atoms with van der Waals surface area (Å²) in [6, 6.07) is 2.16. The van der Waals surface area contributed by atoms with Crippen molar-refractivity contribution in [3.05, 3.63) is 22.4 Å². The van der Waals surface area contributed by atoms with Crippen LogP contribution >= 0.6 is 23.7 Å². The molecule has 2 rings (SSSR count). The molecule has 1 aliphatic rings. The van der Waals surface area contributed by atoms with Gasteiger partial charge >= 0.3 is 0 Å². The lowest BCUT2D eigenvalue weighted by atomic mass is 10.2. The van der Waals surface area contributed by atoms with Crippen LogP contribution in [0.2, 0.25) is 0 Å². The smallest absolute Gasteiger partial charge is 0.252 e. The van der Waals surface area contributed by atoms with Crippen LogP contribution in [0.1, 0.15) is 16.8 Å². The van der Waals surface area contributed by atoms with Crippen LogP contribution in [0.3, 0.4) is 0 Å². The van der Waals surface area contributed by atoms with Crippen LogP contribution in [0.5, 0.6) is 0 Å². The molecule has 1 aliphatic heterocycles. The van der Waals surface area contributed by atoms with Gasteiger partial charge in [-0.15, -0.1) is 12.4 Å². The second-order valence-electron chi connectivity index (χ2n) is 3.18. The SMILES string of the molecule is Cl.O=C(N[C@@H]1CCNC1)c1ccsc1. The zero-order valence-corrected chi connectivity index (χ0v) is 9.29. The Hall–Kier alpha value is -0.580. The number of amides is 1. The summed E-state index contributed by atoms with van der Waals surface area (Å²) in [6.45, 7) is 1.91. The van der Waals surface area contributed by atoms with E-state index in [0.29, 0.717) is 6.04 Å². The summed E-state index contributed by atoms with van der Waals surface area (Å²) in [7, 11) is 0. The highest BCUT2D eigenvalue weighted by Crippen LogP contribution is 2.06. The van der Waals surface area contributed by atoms with Gasteiger partial charge < -0.3 is 10.6 Å². The third-order valence-electron chi connectivity index (χ3n) is 2.18. The van der Waals surface area contributed by atoms with Crippen molar-refractivity contribution in [3.63, 3.8) is 0 Å². The first-order valence-corrected chi connectivity index (χ1v) is 5.34. The van der Waals surface area contributed by atoms with E-state index in [9.17, 15) is 4.79 Å². The van der Waals surface area contributed by atoms with E-state index in [1.807, 2.05) is 16.8 Å². The van der Waals surface area contributed by atoms with Gasteiger partial charge in [-0.2, -0.15) is 11.3 Å². The summed E-state index contributed by atoms with van der Waals surface area (Å²) in [5.41, 5.74) is 0.775. The number of carbonyl (C=O) groups excluding carboxylic acids is 1. The Morgan fingerprint density at radius 1 is 1.64 bits per heavy atom. The maximum atomic E-state index is 11.5. The van der Waals surface area contributed by atoms with Gasteiger partial charge in [-0.25, -0.2) is 0 Å². The molecule has 0 unspecified atom stereocenters. The van der Waals surface area contributed by atoms with E-state index in [1.165, 1.54) is 0 Å². The summed E-state index contributed by atoms with van der Waals surface area (Å²) in [4.78, 5) is 11.5. The lowest BCUT2D eigenvalue weighted by Crippen LogP contribution is -2.35. The van der Waals surface area contributed by atoms with Crippen LogP contribution in [-0.4, -0.2) is 25.0 Å². The fourth-order valence-corrected chi connectivity index (χ4v) is 2.08. The van der Waals surface area contributed by atoms with Crippen molar-refractivity contribution in [1.82, 2.24) is 10.6 Å². The number of rotatable bonds is 2. The van der Waals surface area contributed by atoms with E-state index in [0.717, 1.165) is 25.1 Å². The molecule has 3 nitrogen and oxygen atoms in total. The standard InChI is InChI=1S/C9H12N2OS.ClH/c12-9(7-2-4-13-6-7)11-8-1-3-10-5-8;/h2,4,6,8,10H,1,3,5H2,(H,11,12);1H/t8-;/m1./s1. The second kappa shape index (κ2) is 5.34. The van der Waals surface area contributed by atoms with E-state index >= 15 is 0 Å². The molecule has 14 heavy (non-hydrogen) atoms. The fraction of sp³-hybridized carbons (Fsp3) is 0.444. The Labute approximate surface area is 93.3 Å². The van der Waals surface area contributed by atoms with Crippen LogP contribution in [0.15, 0.2) is 16.8 Å². The van der Waals surface area contributed by atoms with Crippen molar-refractivity contribution in [1.29, 1.82) is 0 Å². The van der Waals surface area contributed by atoms with Crippen LogP contribution in [0.25, 0.3) is 0 Å². The second-order valence-corrected chi connectivity index (χ2v) is 3.96. The Morgan fingerprint density at radius 3 is 3.07 bits per heavy atom. The minimum atomic E-state index is 0. The Balaban J connectivity index is 0.000000980. The highest BCUT2D eigenvalue weighted by Gasteiger charge is 2.17. The van der Waals surface area contributed by atoms with Gasteiger partial charge in [0.05, 0.1) is 0 Å². The summed E-state index contributed by atoms with van der Waals surface area (Å²) in [5, 5.41) is 9.99. The fourth-order valence-electron chi connectivity index (χ4n) is 1.44. The lowest BCUT2D eigenvalue weighted by molar-refractivity contribution is 0.0940. The van der Waals surface area contributed by atoms with Gasteiger partial charge in [-0.1, -0.05) is 0 Å². The number of thiophene rings is 1. The average Bonchev–Trinajstić information content (AvgIpc) is 2.74. The Kier molecular flexibility index (Phi) is 4.38. The molecule has 0 aromatic carbocycles. The molecule has 5 heteroatoms. The minimum Gasteiger partial charge on any atom is -0.348 e. The van der Waals surface area contributed by atoms with Gasteiger partial charge in [0.25, 0.3) is 5.91 Å². The Morgan fingerprint density at radius 2 is 2.50 bits per heavy atom. The first-order valence-electron chi connectivity index (χ1n) is 4.40. The zero-order chi connectivity index (χ0) is 9.10. The van der Waals surface area contributed by atoms with Gasteiger partial charge in [0.1, 0.15) is 0 Å². The summed E-state index contributed by atoms with van der Waals surface area (Å²) in [6.07, 6.45) is 1.04. The highest BCUT2D eigenvalue weighted by atomic mass is 35.5. The molecule has 1 saturated heterocycles. The summed E-state index contributed by atoms with van der Waals surface area (Å²) < 4.78 is 0. The molecule has 0 radical (unpaired) electrons. The maximum absolute atomic E-state index is 11.5. The van der Waals surface area contributed by atoms with E-state index in [4.69, 9.17) is 0 Å². The summed E-state index contributed by atoms with van der Waals surface area (Å²) in [5.74, 6) is 0.0509. The molecule has 0 spiro atoms. The van der Waals surface area contributed by atoms with E-state index in [2.05, 4.69) is 10.6 Å². The third kappa shape index (κ3) is 2.70. The highest BCUT2D eigenvalue weighted by molar-refractivity contribution is 7.08. The van der Waals surface area contributed by atoms with Crippen LogP contribution < -0.4 is 10.6 Å². The van der Waals surface area contributed by atoms with Gasteiger partial charge in [0.2, 0.25) is 0 Å². The van der Waals surface area contributed by atoms with Gasteiger partial charge in [0, 0.05) is 23.5 Å². The molecule has 1 aromatic rings. The molecule has 1 atom stereocenters. The quantitative estimate of drug-likeness (QED) is 0.806. The maximum Gasteiger partial charge on any atom is 0.252 e. The number of hydrogen-bond donors (Lipinski definition) is 2. The monoisotopic (exact) mass is 232 g/mol. The molecule has 0 aliphatic carbocycles. The van der Waals surface area contributed by atoms with Crippen molar-refractivity contribution in [2.24, 2.45) is 0 Å². The Bertz CT molecular complexity index is 283. The summed E-state index contributed by atoms with van der Waals surface area (Å²) >= 11 is 1.55. The molecule has 2 N–H and O–H groups in total. The van der Waals surface area contributed by atoms with Crippen LogP contribution in [0.4, 0.5) is 0 Å². The average molecular weight is 233 g/mol. The first kappa shape index (κ1) is 11.5. The molecule has 1 fully saturated rings. The molecule has 0 saturated carbocycles. The number of halogens is 1. The molecule has 1 aromatic heterocycles. The third-order valence-corrected chi connectivity index (χ3v) is 2.86. The van der Waals surface area contributed by atoms with Gasteiger partial charge in [-0.05, 0) is 24.4 Å². The topological polar surface area (TPSA) is 41.1 Å². The molecular weight excluding hydrogens is 220 g/mol. The molecular formula is C9H13ClN2OS. The molecule has 1 amide bonds. The lowest BCUT2D eigenvalue weighted by Gasteiger charge is -2.09. The molecule has 0 bridgehead atoms. The van der Waals surface area contributed by atoms with E-state index in [1.54, 1.807) is 11.3 Å². The van der Waals surface area contributed by atoms with Crippen molar-refractivity contribution < 1.29 is 4.79 Å². The predicted octanol–water partition coefficient (Wildman–Crippen LogP) is 1.26. The van der Waals surface area contributed by atoms with Gasteiger partial charge in [-0.3, -0.25) is 4.79 Å². The largest absolute Gasteiger partial charge is 0.348 e. The van der Waals surface area contributed by atoms with Crippen molar-refractivity contribution in [3.8, 4) is 0 Å². The van der Waals surface area contributed by atoms with Crippen molar-refractivity contribution in [2.45, 2.75) is 12.5 Å².